The lowest BCUT2D eigenvalue weighted by Crippen LogP contribution is -2.11. The number of ketones is 1. The van der Waals surface area contributed by atoms with Gasteiger partial charge in [0.1, 0.15) is 11.5 Å². The second-order valence-corrected chi connectivity index (χ2v) is 8.56. The summed E-state index contributed by atoms with van der Waals surface area (Å²) in [5.74, 6) is 0.290. The molecular formula is C18H17N3O3S2. The summed E-state index contributed by atoms with van der Waals surface area (Å²) in [5, 5.41) is 8.67. The quantitative estimate of drug-likeness (QED) is 0.580. The summed E-state index contributed by atoms with van der Waals surface area (Å²) in [6, 6.07) is 17.5. The number of hydrogen-bond acceptors (Lipinski definition) is 6. The van der Waals surface area contributed by atoms with E-state index in [1.807, 2.05) is 30.3 Å². The Labute approximate surface area is 156 Å². The van der Waals surface area contributed by atoms with Crippen molar-refractivity contribution < 1.29 is 13.2 Å². The van der Waals surface area contributed by atoms with Gasteiger partial charge in [0.25, 0.3) is 0 Å². The second-order valence-electron chi connectivity index (χ2n) is 5.63. The molecule has 0 N–H and O–H groups in total. The van der Waals surface area contributed by atoms with Gasteiger partial charge in [0.05, 0.1) is 10.6 Å². The summed E-state index contributed by atoms with van der Waals surface area (Å²) in [6.45, 7) is 1.50. The number of aromatic nitrogens is 3. The Hall–Kier alpha value is -2.45. The van der Waals surface area contributed by atoms with E-state index in [4.69, 9.17) is 0 Å². The third-order valence-corrected chi connectivity index (χ3v) is 6.24. The first kappa shape index (κ1) is 18.3. The van der Waals surface area contributed by atoms with Crippen molar-refractivity contribution in [2.75, 3.05) is 5.75 Å². The van der Waals surface area contributed by atoms with Gasteiger partial charge in [0, 0.05) is 5.69 Å². The van der Waals surface area contributed by atoms with Crippen molar-refractivity contribution in [3.8, 4) is 5.69 Å². The van der Waals surface area contributed by atoms with E-state index in [2.05, 4.69) is 10.2 Å². The minimum Gasteiger partial charge on any atom is -0.299 e. The minimum atomic E-state index is -3.56. The molecule has 6 nitrogen and oxygen atoms in total. The SMILES string of the molecule is CC(=O)CSc1nnc(CS(=O)(=O)c2ccccc2)n1-c1ccccc1. The van der Waals surface area contributed by atoms with Crippen molar-refractivity contribution in [3.05, 3.63) is 66.5 Å². The minimum absolute atomic E-state index is 0.0102. The molecule has 134 valence electrons. The molecule has 0 unspecified atom stereocenters. The number of thioether (sulfide) groups is 1. The lowest BCUT2D eigenvalue weighted by molar-refractivity contribution is -0.114. The van der Waals surface area contributed by atoms with Crippen molar-refractivity contribution in [3.63, 3.8) is 0 Å². The van der Waals surface area contributed by atoms with Crippen LogP contribution in [0.4, 0.5) is 0 Å². The van der Waals surface area contributed by atoms with Crippen LogP contribution in [-0.2, 0) is 20.4 Å². The Morgan fingerprint density at radius 1 is 1.00 bits per heavy atom. The van der Waals surface area contributed by atoms with Crippen molar-refractivity contribution in [2.24, 2.45) is 0 Å². The zero-order valence-corrected chi connectivity index (χ0v) is 15.7. The molecule has 26 heavy (non-hydrogen) atoms. The Morgan fingerprint density at radius 3 is 2.23 bits per heavy atom. The molecule has 0 atom stereocenters. The van der Waals surface area contributed by atoms with Crippen molar-refractivity contribution in [1.82, 2.24) is 14.8 Å². The summed E-state index contributed by atoms with van der Waals surface area (Å²) >= 11 is 1.24. The molecule has 8 heteroatoms. The third-order valence-electron chi connectivity index (χ3n) is 3.54. The molecule has 1 aromatic heterocycles. The maximum absolute atomic E-state index is 12.7. The van der Waals surface area contributed by atoms with Gasteiger partial charge in [-0.15, -0.1) is 10.2 Å². The van der Waals surface area contributed by atoms with Gasteiger partial charge < -0.3 is 0 Å². The number of carbonyl (C=O) groups is 1. The van der Waals surface area contributed by atoms with Crippen LogP contribution >= 0.6 is 11.8 Å². The van der Waals surface area contributed by atoms with E-state index in [0.717, 1.165) is 5.69 Å². The molecule has 0 saturated carbocycles. The van der Waals surface area contributed by atoms with Crippen LogP contribution in [-0.4, -0.2) is 34.7 Å². The predicted octanol–water partition coefficient (Wildman–Crippen LogP) is 2.92. The molecule has 3 rings (SSSR count). The molecule has 0 aliphatic carbocycles. The molecule has 1 heterocycles. The van der Waals surface area contributed by atoms with Crippen molar-refractivity contribution >= 4 is 27.4 Å². The lowest BCUT2D eigenvalue weighted by atomic mass is 10.3. The first-order chi connectivity index (χ1) is 12.5. The van der Waals surface area contributed by atoms with Crippen LogP contribution in [0.25, 0.3) is 5.69 Å². The van der Waals surface area contributed by atoms with Crippen LogP contribution in [0, 0.1) is 0 Å². The summed E-state index contributed by atoms with van der Waals surface area (Å²) in [5.41, 5.74) is 0.752. The topological polar surface area (TPSA) is 81.9 Å². The summed E-state index contributed by atoms with van der Waals surface area (Å²) < 4.78 is 27.1. The van der Waals surface area contributed by atoms with Crippen molar-refractivity contribution in [2.45, 2.75) is 22.7 Å². The Balaban J connectivity index is 2.01. The van der Waals surface area contributed by atoms with E-state index in [1.165, 1.54) is 18.7 Å². The van der Waals surface area contributed by atoms with E-state index in [1.54, 1.807) is 34.9 Å². The molecule has 0 spiro atoms. The highest BCUT2D eigenvalue weighted by atomic mass is 32.2. The number of Topliss-reactive ketones (excluding diaryl/α,β-unsaturated/α-hetero) is 1. The van der Waals surface area contributed by atoms with Gasteiger partial charge >= 0.3 is 0 Å². The fraction of sp³-hybridized carbons (Fsp3) is 0.167. The molecule has 0 radical (unpaired) electrons. The van der Waals surface area contributed by atoms with Gasteiger partial charge in [-0.1, -0.05) is 48.2 Å². The second kappa shape index (κ2) is 7.84. The maximum atomic E-state index is 12.7. The van der Waals surface area contributed by atoms with Crippen LogP contribution in [0.1, 0.15) is 12.7 Å². The van der Waals surface area contributed by atoms with Crippen molar-refractivity contribution in [1.29, 1.82) is 0 Å². The van der Waals surface area contributed by atoms with Gasteiger partial charge in [-0.3, -0.25) is 9.36 Å². The highest BCUT2D eigenvalue weighted by Crippen LogP contribution is 2.24. The van der Waals surface area contributed by atoms with Crippen LogP contribution in [0.5, 0.6) is 0 Å². The van der Waals surface area contributed by atoms with Gasteiger partial charge in [0.15, 0.2) is 20.8 Å². The fourth-order valence-corrected chi connectivity index (χ4v) is 4.41. The largest absolute Gasteiger partial charge is 0.299 e. The van der Waals surface area contributed by atoms with Gasteiger partial charge in [-0.05, 0) is 31.2 Å². The number of sulfone groups is 1. The first-order valence-corrected chi connectivity index (χ1v) is 10.5. The number of para-hydroxylation sites is 1. The van der Waals surface area contributed by atoms with E-state index in [-0.39, 0.29) is 22.2 Å². The first-order valence-electron chi connectivity index (χ1n) is 7.87. The normalized spacial score (nSPS) is 11.4. The average molecular weight is 387 g/mol. The lowest BCUT2D eigenvalue weighted by Gasteiger charge is -2.10. The third kappa shape index (κ3) is 4.20. The summed E-state index contributed by atoms with van der Waals surface area (Å²) in [4.78, 5) is 11.5. The molecule has 2 aromatic carbocycles. The molecule has 0 bridgehead atoms. The summed E-state index contributed by atoms with van der Waals surface area (Å²) in [7, 11) is -3.56. The Morgan fingerprint density at radius 2 is 1.62 bits per heavy atom. The molecule has 0 saturated heterocycles. The number of benzene rings is 2. The number of carbonyl (C=O) groups excluding carboxylic acids is 1. The predicted molar refractivity (Wildman–Crippen MR) is 100 cm³/mol. The van der Waals surface area contributed by atoms with Crippen LogP contribution < -0.4 is 0 Å². The van der Waals surface area contributed by atoms with Gasteiger partial charge in [0.2, 0.25) is 0 Å². The average Bonchev–Trinajstić information content (AvgIpc) is 3.03. The monoisotopic (exact) mass is 387 g/mol. The zero-order chi connectivity index (χ0) is 18.6. The Kier molecular flexibility index (Phi) is 5.53. The van der Waals surface area contributed by atoms with Crippen LogP contribution in [0.15, 0.2) is 70.7 Å². The van der Waals surface area contributed by atoms with E-state index < -0.39 is 9.84 Å². The molecule has 3 aromatic rings. The van der Waals surface area contributed by atoms with Gasteiger partial charge in [-0.2, -0.15) is 0 Å². The maximum Gasteiger partial charge on any atom is 0.196 e. The van der Waals surface area contributed by atoms with E-state index in [0.29, 0.717) is 11.0 Å². The Bertz CT molecular complexity index is 1000. The highest BCUT2D eigenvalue weighted by molar-refractivity contribution is 7.99. The zero-order valence-electron chi connectivity index (χ0n) is 14.1. The fourth-order valence-electron chi connectivity index (χ4n) is 2.37. The summed E-state index contributed by atoms with van der Waals surface area (Å²) in [6.07, 6.45) is 0. The highest BCUT2D eigenvalue weighted by Gasteiger charge is 2.22. The molecular weight excluding hydrogens is 370 g/mol. The number of hydrogen-bond donors (Lipinski definition) is 0. The standard InChI is InChI=1S/C18H17N3O3S2/c1-14(22)12-25-18-20-19-17(21(18)15-8-4-2-5-9-15)13-26(23,24)16-10-6-3-7-11-16/h2-11H,12-13H2,1H3. The van der Waals surface area contributed by atoms with Crippen LogP contribution in [0.2, 0.25) is 0 Å². The molecule has 0 fully saturated rings. The van der Waals surface area contributed by atoms with Crippen LogP contribution in [0.3, 0.4) is 0 Å². The number of nitrogens with zero attached hydrogens (tertiary/aromatic N) is 3. The molecule has 0 amide bonds. The smallest absolute Gasteiger partial charge is 0.196 e. The molecule has 0 aliphatic heterocycles. The van der Waals surface area contributed by atoms with E-state index >= 15 is 0 Å². The van der Waals surface area contributed by atoms with E-state index in [9.17, 15) is 13.2 Å². The van der Waals surface area contributed by atoms with Gasteiger partial charge in [-0.25, -0.2) is 8.42 Å². The molecule has 0 aliphatic rings. The number of rotatable bonds is 7.